The number of aromatic carboxylic acids is 1. The number of benzene rings is 2. The zero-order chi connectivity index (χ0) is 21.0. The van der Waals surface area contributed by atoms with Crippen LogP contribution in [0.1, 0.15) is 21.7 Å². The normalized spacial score (nSPS) is 11.0. The molecule has 3 aromatic rings. The van der Waals surface area contributed by atoms with E-state index in [0.29, 0.717) is 28.4 Å². The third-order valence-electron chi connectivity index (χ3n) is 4.14. The minimum atomic E-state index is -1.05. The molecule has 0 radical (unpaired) electrons. The molecule has 1 heterocycles. The fourth-order valence-corrected chi connectivity index (χ4v) is 2.69. The number of rotatable bonds is 6. The fourth-order valence-electron chi connectivity index (χ4n) is 2.69. The summed E-state index contributed by atoms with van der Waals surface area (Å²) in [6.07, 6.45) is 1.50. The van der Waals surface area contributed by atoms with Crippen LogP contribution in [0, 0.1) is 21.4 Å². The molecule has 0 aliphatic rings. The Morgan fingerprint density at radius 1 is 1.17 bits per heavy atom. The lowest BCUT2D eigenvalue weighted by Crippen LogP contribution is -1.95. The zero-order valence-corrected chi connectivity index (χ0v) is 15.2. The number of carbonyl (C=O) groups is 1. The van der Waals surface area contributed by atoms with Gasteiger partial charge in [0.2, 0.25) is 0 Å². The van der Waals surface area contributed by atoms with E-state index in [1.165, 1.54) is 55.7 Å². The van der Waals surface area contributed by atoms with Gasteiger partial charge in [-0.1, -0.05) is 12.1 Å². The number of hydrogen-bond donors (Lipinski definition) is 1. The summed E-state index contributed by atoms with van der Waals surface area (Å²) in [6, 6.07) is 15.3. The van der Waals surface area contributed by atoms with E-state index < -0.39 is 10.9 Å². The highest BCUT2D eigenvalue weighted by Crippen LogP contribution is 2.35. The number of nitrogens with zero attached hydrogens (tertiary/aromatic N) is 2. The third-order valence-corrected chi connectivity index (χ3v) is 4.14. The van der Waals surface area contributed by atoms with Crippen molar-refractivity contribution in [3.05, 3.63) is 81.6 Å². The minimum absolute atomic E-state index is 0.106. The molecule has 0 amide bonds. The molecule has 0 spiro atoms. The first-order valence-electron chi connectivity index (χ1n) is 8.31. The number of methoxy groups -OCH3 is 1. The van der Waals surface area contributed by atoms with Crippen LogP contribution in [0.4, 0.5) is 5.69 Å². The number of nitriles is 1. The predicted molar refractivity (Wildman–Crippen MR) is 104 cm³/mol. The molecule has 0 fully saturated rings. The van der Waals surface area contributed by atoms with E-state index in [9.17, 15) is 20.2 Å². The van der Waals surface area contributed by atoms with E-state index in [1.54, 1.807) is 12.1 Å². The zero-order valence-electron chi connectivity index (χ0n) is 15.2. The third kappa shape index (κ3) is 4.14. The van der Waals surface area contributed by atoms with Crippen molar-refractivity contribution in [3.63, 3.8) is 0 Å². The standard InChI is InChI=1S/C21H14N2O6/c1-28-19-8-6-16(23(26)27)11-18(19)20-9-7-17(29-20)10-15(12-22)13-2-4-14(5-3-13)21(24)25/h2-11H,1H3,(H,24,25)/b15-10-. The second kappa shape index (κ2) is 8.10. The van der Waals surface area contributed by atoms with Crippen molar-refractivity contribution in [2.45, 2.75) is 0 Å². The van der Waals surface area contributed by atoms with Crippen molar-refractivity contribution < 1.29 is 24.0 Å². The average Bonchev–Trinajstić information content (AvgIpc) is 3.20. The average molecular weight is 390 g/mol. The van der Waals surface area contributed by atoms with Gasteiger partial charge in [-0.25, -0.2) is 4.79 Å². The first kappa shape index (κ1) is 19.4. The predicted octanol–water partition coefficient (Wildman–Crippen LogP) is 4.63. The molecule has 29 heavy (non-hydrogen) atoms. The van der Waals surface area contributed by atoms with Crippen molar-refractivity contribution in [3.8, 4) is 23.1 Å². The molecule has 2 aromatic carbocycles. The van der Waals surface area contributed by atoms with Crippen LogP contribution in [-0.2, 0) is 0 Å². The number of furan rings is 1. The van der Waals surface area contributed by atoms with Crippen molar-refractivity contribution >= 4 is 23.3 Å². The largest absolute Gasteiger partial charge is 0.496 e. The molecule has 8 heteroatoms. The molecule has 144 valence electrons. The van der Waals surface area contributed by atoms with Crippen LogP contribution in [-0.4, -0.2) is 23.1 Å². The van der Waals surface area contributed by atoms with Crippen LogP contribution in [0.2, 0.25) is 0 Å². The lowest BCUT2D eigenvalue weighted by Gasteiger charge is -2.05. The van der Waals surface area contributed by atoms with Crippen LogP contribution in [0.3, 0.4) is 0 Å². The number of nitro benzene ring substituents is 1. The van der Waals surface area contributed by atoms with E-state index in [0.717, 1.165) is 0 Å². The van der Waals surface area contributed by atoms with Crippen LogP contribution >= 0.6 is 0 Å². The number of carboxylic acid groups (broad SMARTS) is 1. The molecule has 0 unspecified atom stereocenters. The molecule has 0 aliphatic heterocycles. The number of carboxylic acids is 1. The van der Waals surface area contributed by atoms with Gasteiger partial charge in [0.05, 0.1) is 34.8 Å². The number of allylic oxidation sites excluding steroid dienone is 1. The van der Waals surface area contributed by atoms with Gasteiger partial charge in [-0.3, -0.25) is 10.1 Å². The van der Waals surface area contributed by atoms with Crippen LogP contribution in [0.5, 0.6) is 5.75 Å². The Hall–Kier alpha value is -4.38. The Morgan fingerprint density at radius 3 is 2.45 bits per heavy atom. The van der Waals surface area contributed by atoms with E-state index in [1.807, 2.05) is 0 Å². The summed E-state index contributed by atoms with van der Waals surface area (Å²) in [4.78, 5) is 21.5. The van der Waals surface area contributed by atoms with Crippen LogP contribution in [0.25, 0.3) is 23.0 Å². The highest BCUT2D eigenvalue weighted by Gasteiger charge is 2.16. The van der Waals surface area contributed by atoms with Gasteiger partial charge in [-0.2, -0.15) is 5.26 Å². The quantitative estimate of drug-likeness (QED) is 0.369. The van der Waals surface area contributed by atoms with Gasteiger partial charge < -0.3 is 14.3 Å². The highest BCUT2D eigenvalue weighted by molar-refractivity contribution is 5.91. The summed E-state index contributed by atoms with van der Waals surface area (Å²) in [5.74, 6) is 0.0496. The Labute approximate surface area is 165 Å². The van der Waals surface area contributed by atoms with Gasteiger partial charge in [0.1, 0.15) is 17.3 Å². The van der Waals surface area contributed by atoms with E-state index in [2.05, 4.69) is 6.07 Å². The second-order valence-corrected chi connectivity index (χ2v) is 5.90. The summed E-state index contributed by atoms with van der Waals surface area (Å²) in [5, 5.41) is 29.5. The maximum Gasteiger partial charge on any atom is 0.335 e. The Bertz CT molecular complexity index is 1150. The first-order valence-corrected chi connectivity index (χ1v) is 8.31. The minimum Gasteiger partial charge on any atom is -0.496 e. The van der Waals surface area contributed by atoms with Gasteiger partial charge in [0, 0.05) is 12.1 Å². The topological polar surface area (TPSA) is 127 Å². The van der Waals surface area contributed by atoms with Crippen molar-refractivity contribution in [1.82, 2.24) is 0 Å². The lowest BCUT2D eigenvalue weighted by atomic mass is 10.0. The molecule has 1 aromatic heterocycles. The van der Waals surface area contributed by atoms with E-state index >= 15 is 0 Å². The molecule has 8 nitrogen and oxygen atoms in total. The van der Waals surface area contributed by atoms with Crippen molar-refractivity contribution in [2.75, 3.05) is 7.11 Å². The Balaban J connectivity index is 1.97. The molecule has 0 saturated heterocycles. The molecule has 0 saturated carbocycles. The fraction of sp³-hybridized carbons (Fsp3) is 0.0476. The van der Waals surface area contributed by atoms with Gasteiger partial charge in [-0.05, 0) is 42.0 Å². The number of ether oxygens (including phenoxy) is 1. The summed E-state index contributed by atoms with van der Waals surface area (Å²) in [5.41, 5.74) is 1.22. The summed E-state index contributed by atoms with van der Waals surface area (Å²) >= 11 is 0. The molecule has 3 rings (SSSR count). The van der Waals surface area contributed by atoms with Crippen molar-refractivity contribution in [2.24, 2.45) is 0 Å². The molecular formula is C21H14N2O6. The van der Waals surface area contributed by atoms with Gasteiger partial charge in [0.25, 0.3) is 5.69 Å². The summed E-state index contributed by atoms with van der Waals surface area (Å²) in [6.45, 7) is 0. The monoisotopic (exact) mass is 390 g/mol. The summed E-state index contributed by atoms with van der Waals surface area (Å²) < 4.78 is 11.0. The van der Waals surface area contributed by atoms with Crippen LogP contribution < -0.4 is 4.74 Å². The van der Waals surface area contributed by atoms with Gasteiger partial charge >= 0.3 is 5.97 Å². The Morgan fingerprint density at radius 2 is 1.86 bits per heavy atom. The number of nitro groups is 1. The van der Waals surface area contributed by atoms with E-state index in [4.69, 9.17) is 14.3 Å². The first-order chi connectivity index (χ1) is 13.9. The maximum atomic E-state index is 11.0. The SMILES string of the molecule is COc1ccc([N+](=O)[O-])cc1-c1ccc(/C=C(/C#N)c2ccc(C(=O)O)cc2)o1. The molecule has 0 aliphatic carbocycles. The van der Waals surface area contributed by atoms with Gasteiger partial charge in [0.15, 0.2) is 0 Å². The Kier molecular flexibility index (Phi) is 5.42. The number of non-ortho nitro benzene ring substituents is 1. The van der Waals surface area contributed by atoms with Gasteiger partial charge in [-0.15, -0.1) is 0 Å². The summed E-state index contributed by atoms with van der Waals surface area (Å²) in [7, 11) is 1.45. The maximum absolute atomic E-state index is 11.0. The second-order valence-electron chi connectivity index (χ2n) is 5.90. The lowest BCUT2D eigenvalue weighted by molar-refractivity contribution is -0.384. The molecule has 1 N–H and O–H groups in total. The molecule has 0 atom stereocenters. The molecular weight excluding hydrogens is 376 g/mol. The van der Waals surface area contributed by atoms with Crippen LogP contribution in [0.15, 0.2) is 59.0 Å². The van der Waals surface area contributed by atoms with E-state index in [-0.39, 0.29) is 16.8 Å². The highest BCUT2D eigenvalue weighted by atomic mass is 16.6. The molecule has 0 bridgehead atoms. The van der Waals surface area contributed by atoms with Crippen molar-refractivity contribution in [1.29, 1.82) is 5.26 Å². The smallest absolute Gasteiger partial charge is 0.335 e. The number of hydrogen-bond acceptors (Lipinski definition) is 6.